The Bertz CT molecular complexity index is 730. The molecule has 1 aliphatic heterocycles. The summed E-state index contributed by atoms with van der Waals surface area (Å²) in [6, 6.07) is 12.7. The third-order valence-corrected chi connectivity index (χ3v) is 6.39. The number of rotatable bonds is 3. The van der Waals surface area contributed by atoms with E-state index in [1.165, 1.54) is 38.5 Å². The molecule has 2 aliphatic rings. The highest BCUT2D eigenvalue weighted by atomic mass is 32.2. The second kappa shape index (κ2) is 7.14. The van der Waals surface area contributed by atoms with Gasteiger partial charge >= 0.3 is 0 Å². The van der Waals surface area contributed by atoms with Crippen LogP contribution in [0.15, 0.2) is 41.4 Å². The molecule has 2 unspecified atom stereocenters. The van der Waals surface area contributed by atoms with Crippen LogP contribution in [0, 0.1) is 5.92 Å². The summed E-state index contributed by atoms with van der Waals surface area (Å²) >= 11 is 1.57. The van der Waals surface area contributed by atoms with Crippen LogP contribution in [0.4, 0.5) is 0 Å². The van der Waals surface area contributed by atoms with Crippen LogP contribution < -0.4 is 0 Å². The van der Waals surface area contributed by atoms with E-state index in [1.54, 1.807) is 11.8 Å². The van der Waals surface area contributed by atoms with Crippen molar-refractivity contribution in [3.05, 3.63) is 36.4 Å². The van der Waals surface area contributed by atoms with Gasteiger partial charge < -0.3 is 4.90 Å². The summed E-state index contributed by atoms with van der Waals surface area (Å²) in [7, 11) is 0. The van der Waals surface area contributed by atoms with Gasteiger partial charge in [-0.05, 0) is 43.7 Å². The maximum Gasteiger partial charge on any atom is 0.233 e. The first kappa shape index (κ1) is 15.9. The minimum Gasteiger partial charge on any atom is -0.339 e. The molecular weight excluding hydrogens is 316 g/mol. The van der Waals surface area contributed by atoms with Gasteiger partial charge in [-0.15, -0.1) is 0 Å². The summed E-state index contributed by atoms with van der Waals surface area (Å²) < 4.78 is 0. The van der Waals surface area contributed by atoms with Gasteiger partial charge in [0.2, 0.25) is 5.91 Å². The summed E-state index contributed by atoms with van der Waals surface area (Å²) in [5, 5.41) is 2.09. The fraction of sp³-hybridized carbons (Fsp3) is 0.500. The first-order chi connectivity index (χ1) is 11.8. The zero-order chi connectivity index (χ0) is 16.4. The van der Waals surface area contributed by atoms with E-state index in [2.05, 4.69) is 22.0 Å². The van der Waals surface area contributed by atoms with Gasteiger partial charge in [0.05, 0.1) is 16.3 Å². The minimum atomic E-state index is 0.298. The molecule has 0 spiro atoms. The van der Waals surface area contributed by atoms with Crippen LogP contribution in [0.1, 0.15) is 38.5 Å². The van der Waals surface area contributed by atoms with E-state index in [9.17, 15) is 4.79 Å². The second-order valence-corrected chi connectivity index (χ2v) is 7.97. The standard InChI is InChI=1S/C20H24N2OS/c23-20(22-13-5-8-16-7-2-4-10-18(16)22)14-24-19-12-11-15-6-1-3-9-17(15)21-19/h1,3,6,9,11-12,16,18H,2,4-5,7-8,10,13-14H2. The highest BCUT2D eigenvalue weighted by Gasteiger charge is 2.35. The molecule has 0 radical (unpaired) electrons. The van der Waals surface area contributed by atoms with E-state index in [-0.39, 0.29) is 0 Å². The molecule has 1 aliphatic carbocycles. The van der Waals surface area contributed by atoms with E-state index in [0.717, 1.165) is 28.4 Å². The van der Waals surface area contributed by atoms with Crippen molar-refractivity contribution in [1.82, 2.24) is 9.88 Å². The normalized spacial score (nSPS) is 23.9. The number of aromatic nitrogens is 1. The summed E-state index contributed by atoms with van der Waals surface area (Å²) in [4.78, 5) is 19.6. The molecule has 1 saturated carbocycles. The van der Waals surface area contributed by atoms with Crippen LogP contribution >= 0.6 is 11.8 Å². The zero-order valence-electron chi connectivity index (χ0n) is 14.0. The van der Waals surface area contributed by atoms with Crippen molar-refractivity contribution in [2.24, 2.45) is 5.92 Å². The Hall–Kier alpha value is -1.55. The smallest absolute Gasteiger partial charge is 0.233 e. The number of piperidine rings is 1. The number of pyridine rings is 1. The summed E-state index contributed by atoms with van der Waals surface area (Å²) in [6.07, 6.45) is 7.63. The summed E-state index contributed by atoms with van der Waals surface area (Å²) in [5.74, 6) is 1.56. The number of hydrogen-bond acceptors (Lipinski definition) is 3. The second-order valence-electron chi connectivity index (χ2n) is 6.97. The minimum absolute atomic E-state index is 0.298. The lowest BCUT2D eigenvalue weighted by Crippen LogP contribution is -2.50. The van der Waals surface area contributed by atoms with Crippen molar-refractivity contribution in [2.75, 3.05) is 12.3 Å². The van der Waals surface area contributed by atoms with Gasteiger partial charge in [-0.3, -0.25) is 4.79 Å². The number of para-hydroxylation sites is 1. The van der Waals surface area contributed by atoms with E-state index >= 15 is 0 Å². The van der Waals surface area contributed by atoms with Gasteiger partial charge in [0.25, 0.3) is 0 Å². The third-order valence-electron chi connectivity index (χ3n) is 5.48. The average Bonchev–Trinajstić information content (AvgIpc) is 2.65. The lowest BCUT2D eigenvalue weighted by molar-refractivity contribution is -0.134. The molecular formula is C20H24N2OS. The number of hydrogen-bond donors (Lipinski definition) is 0. The Balaban J connectivity index is 1.41. The molecule has 4 heteroatoms. The molecule has 1 saturated heterocycles. The van der Waals surface area contributed by atoms with Crippen LogP contribution in [0.3, 0.4) is 0 Å². The molecule has 1 aromatic heterocycles. The highest BCUT2D eigenvalue weighted by Crippen LogP contribution is 2.35. The fourth-order valence-electron chi connectivity index (χ4n) is 4.28. The molecule has 126 valence electrons. The Morgan fingerprint density at radius 1 is 1.08 bits per heavy atom. The molecule has 0 bridgehead atoms. The predicted octanol–water partition coefficient (Wildman–Crippen LogP) is 4.51. The predicted molar refractivity (Wildman–Crippen MR) is 99.2 cm³/mol. The van der Waals surface area contributed by atoms with Crippen molar-refractivity contribution in [3.8, 4) is 0 Å². The van der Waals surface area contributed by atoms with Crippen molar-refractivity contribution in [3.63, 3.8) is 0 Å². The number of carbonyl (C=O) groups excluding carboxylic acids is 1. The first-order valence-electron chi connectivity index (χ1n) is 9.09. The first-order valence-corrected chi connectivity index (χ1v) is 10.1. The van der Waals surface area contributed by atoms with Gasteiger partial charge in [0, 0.05) is 18.0 Å². The van der Waals surface area contributed by atoms with E-state index in [1.807, 2.05) is 24.3 Å². The summed E-state index contributed by atoms with van der Waals surface area (Å²) in [5.41, 5.74) is 1.00. The quantitative estimate of drug-likeness (QED) is 0.771. The van der Waals surface area contributed by atoms with Crippen LogP contribution in [-0.4, -0.2) is 34.1 Å². The SMILES string of the molecule is O=C(CSc1ccc2ccccc2n1)N1CCCC2CCCCC21. The molecule has 1 aromatic carbocycles. The number of carbonyl (C=O) groups is 1. The van der Waals surface area contributed by atoms with Crippen LogP contribution in [-0.2, 0) is 4.79 Å². The van der Waals surface area contributed by atoms with Gasteiger partial charge in [-0.25, -0.2) is 4.98 Å². The Kier molecular flexibility index (Phi) is 4.74. The molecule has 24 heavy (non-hydrogen) atoms. The molecule has 0 N–H and O–H groups in total. The summed E-state index contributed by atoms with van der Waals surface area (Å²) in [6.45, 7) is 0.950. The number of benzene rings is 1. The van der Waals surface area contributed by atoms with E-state index < -0.39 is 0 Å². The van der Waals surface area contributed by atoms with Crippen molar-refractivity contribution in [2.45, 2.75) is 49.6 Å². The average molecular weight is 340 g/mol. The number of fused-ring (bicyclic) bond motifs is 2. The Morgan fingerprint density at radius 2 is 1.92 bits per heavy atom. The Labute approximate surface area is 147 Å². The van der Waals surface area contributed by atoms with Gasteiger partial charge in [-0.1, -0.05) is 48.9 Å². The van der Waals surface area contributed by atoms with Crippen molar-refractivity contribution >= 4 is 28.6 Å². The number of nitrogens with zero attached hydrogens (tertiary/aromatic N) is 2. The molecule has 2 aromatic rings. The van der Waals surface area contributed by atoms with Crippen LogP contribution in [0.2, 0.25) is 0 Å². The fourth-order valence-corrected chi connectivity index (χ4v) is 5.05. The van der Waals surface area contributed by atoms with Crippen molar-refractivity contribution < 1.29 is 4.79 Å². The number of thioether (sulfide) groups is 1. The monoisotopic (exact) mass is 340 g/mol. The largest absolute Gasteiger partial charge is 0.339 e. The molecule has 2 heterocycles. The third kappa shape index (κ3) is 3.30. The van der Waals surface area contributed by atoms with Gasteiger partial charge in [-0.2, -0.15) is 0 Å². The molecule has 4 rings (SSSR count). The topological polar surface area (TPSA) is 33.2 Å². The zero-order valence-corrected chi connectivity index (χ0v) is 14.8. The maximum atomic E-state index is 12.8. The lowest BCUT2D eigenvalue weighted by Gasteiger charge is -2.44. The number of amides is 1. The molecule has 1 amide bonds. The van der Waals surface area contributed by atoms with Crippen LogP contribution in [0.25, 0.3) is 10.9 Å². The van der Waals surface area contributed by atoms with Gasteiger partial charge in [0.15, 0.2) is 0 Å². The van der Waals surface area contributed by atoms with Crippen LogP contribution in [0.5, 0.6) is 0 Å². The molecule has 2 fully saturated rings. The molecule has 2 atom stereocenters. The van der Waals surface area contributed by atoms with Gasteiger partial charge in [0.1, 0.15) is 0 Å². The number of likely N-dealkylation sites (tertiary alicyclic amines) is 1. The lowest BCUT2D eigenvalue weighted by atomic mass is 9.78. The van der Waals surface area contributed by atoms with E-state index in [4.69, 9.17) is 0 Å². The van der Waals surface area contributed by atoms with Crippen molar-refractivity contribution in [1.29, 1.82) is 0 Å². The highest BCUT2D eigenvalue weighted by molar-refractivity contribution is 7.99. The molecule has 3 nitrogen and oxygen atoms in total. The van der Waals surface area contributed by atoms with E-state index in [0.29, 0.717) is 17.7 Å². The maximum absolute atomic E-state index is 12.8. The Morgan fingerprint density at radius 3 is 2.88 bits per heavy atom.